The Bertz CT molecular complexity index is 1100. The topological polar surface area (TPSA) is 92.4 Å². The third kappa shape index (κ3) is 3.75. The molecule has 1 aromatic carbocycles. The van der Waals surface area contributed by atoms with Gasteiger partial charge in [-0.25, -0.2) is 18.4 Å². The second-order valence-corrected chi connectivity index (χ2v) is 9.05. The van der Waals surface area contributed by atoms with E-state index in [0.717, 1.165) is 17.1 Å². The van der Waals surface area contributed by atoms with Crippen molar-refractivity contribution in [1.29, 1.82) is 0 Å². The molecule has 152 valence electrons. The number of hydrogen-bond acceptors (Lipinski definition) is 7. The lowest BCUT2D eigenvalue weighted by Crippen LogP contribution is -2.49. The summed E-state index contributed by atoms with van der Waals surface area (Å²) in [4.78, 5) is 11.0. The van der Waals surface area contributed by atoms with Crippen molar-refractivity contribution < 1.29 is 12.9 Å². The van der Waals surface area contributed by atoms with E-state index in [9.17, 15) is 8.42 Å². The maximum absolute atomic E-state index is 13.0. The van der Waals surface area contributed by atoms with Crippen LogP contribution in [0.25, 0.3) is 11.3 Å². The van der Waals surface area contributed by atoms with Gasteiger partial charge in [-0.05, 0) is 20.8 Å². The lowest BCUT2D eigenvalue weighted by atomic mass is 10.1. The summed E-state index contributed by atoms with van der Waals surface area (Å²) in [5.74, 6) is 1.12. The summed E-state index contributed by atoms with van der Waals surface area (Å²) in [6.45, 7) is 7.15. The van der Waals surface area contributed by atoms with Gasteiger partial charge in [0.1, 0.15) is 22.7 Å². The van der Waals surface area contributed by atoms with Crippen molar-refractivity contribution in [2.24, 2.45) is 0 Å². The highest BCUT2D eigenvalue weighted by Gasteiger charge is 2.33. The van der Waals surface area contributed by atoms with Gasteiger partial charge < -0.3 is 9.42 Å². The lowest BCUT2D eigenvalue weighted by molar-refractivity contribution is 0.378. The van der Waals surface area contributed by atoms with Crippen molar-refractivity contribution in [2.45, 2.75) is 25.7 Å². The van der Waals surface area contributed by atoms with E-state index in [4.69, 9.17) is 4.52 Å². The summed E-state index contributed by atoms with van der Waals surface area (Å²) in [5.41, 5.74) is 3.46. The first-order chi connectivity index (χ1) is 13.9. The summed E-state index contributed by atoms with van der Waals surface area (Å²) in [6, 6.07) is 10.1. The number of sulfonamides is 1. The van der Waals surface area contributed by atoms with Crippen LogP contribution in [0.1, 0.15) is 17.0 Å². The molecule has 0 aliphatic carbocycles. The molecule has 0 spiro atoms. The number of aryl methyl sites for hydroxylation is 3. The number of hydrogen-bond donors (Lipinski definition) is 0. The second kappa shape index (κ2) is 7.57. The number of rotatable bonds is 4. The van der Waals surface area contributed by atoms with Crippen molar-refractivity contribution in [3.05, 3.63) is 53.7 Å². The third-order valence-electron chi connectivity index (χ3n) is 5.13. The molecule has 29 heavy (non-hydrogen) atoms. The fraction of sp³-hybridized carbons (Fsp3) is 0.350. The van der Waals surface area contributed by atoms with Crippen LogP contribution < -0.4 is 4.90 Å². The fourth-order valence-electron chi connectivity index (χ4n) is 3.53. The van der Waals surface area contributed by atoms with Gasteiger partial charge in [0.25, 0.3) is 0 Å². The van der Waals surface area contributed by atoms with Gasteiger partial charge in [0, 0.05) is 37.8 Å². The Labute approximate surface area is 170 Å². The summed E-state index contributed by atoms with van der Waals surface area (Å²) in [7, 11) is -3.62. The molecule has 1 aliphatic heterocycles. The smallest absolute Gasteiger partial charge is 0.248 e. The first-order valence-electron chi connectivity index (χ1n) is 9.43. The van der Waals surface area contributed by atoms with E-state index in [-0.39, 0.29) is 4.90 Å². The second-order valence-electron chi connectivity index (χ2n) is 7.17. The summed E-state index contributed by atoms with van der Waals surface area (Å²) < 4.78 is 32.5. The van der Waals surface area contributed by atoms with Crippen molar-refractivity contribution in [1.82, 2.24) is 19.4 Å². The van der Waals surface area contributed by atoms with Crippen LogP contribution in [-0.2, 0) is 10.0 Å². The molecule has 0 atom stereocenters. The van der Waals surface area contributed by atoms with Gasteiger partial charge in [0.2, 0.25) is 10.0 Å². The van der Waals surface area contributed by atoms with Crippen LogP contribution in [0.15, 0.2) is 46.1 Å². The van der Waals surface area contributed by atoms with Gasteiger partial charge in [-0.1, -0.05) is 35.0 Å². The molecule has 2 aromatic heterocycles. The van der Waals surface area contributed by atoms with E-state index in [1.165, 1.54) is 9.87 Å². The standard InChI is InChI=1S/C20H23N5O3S/c1-14-4-6-17(7-5-14)18-12-19(22-13-21-18)24-8-10-25(11-9-24)29(26,27)20-15(2)23-28-16(20)3/h4-7,12-13H,8-11H2,1-3H3. The van der Waals surface area contributed by atoms with Crippen molar-refractivity contribution in [2.75, 3.05) is 31.1 Å². The molecule has 3 aromatic rings. The largest absolute Gasteiger partial charge is 0.360 e. The van der Waals surface area contributed by atoms with Crippen molar-refractivity contribution >= 4 is 15.8 Å². The van der Waals surface area contributed by atoms with Crippen molar-refractivity contribution in [3.8, 4) is 11.3 Å². The average Bonchev–Trinajstić information content (AvgIpc) is 3.07. The molecule has 0 N–H and O–H groups in total. The van der Waals surface area contributed by atoms with E-state index in [0.29, 0.717) is 37.6 Å². The van der Waals surface area contributed by atoms with Crippen LogP contribution in [0.5, 0.6) is 0 Å². The van der Waals surface area contributed by atoms with E-state index in [1.807, 2.05) is 25.1 Å². The molecule has 1 saturated heterocycles. The highest BCUT2D eigenvalue weighted by molar-refractivity contribution is 7.89. The molecule has 4 rings (SSSR count). The highest BCUT2D eigenvalue weighted by Crippen LogP contribution is 2.26. The normalized spacial score (nSPS) is 15.6. The molecule has 3 heterocycles. The Morgan fingerprint density at radius 3 is 2.28 bits per heavy atom. The van der Waals surface area contributed by atoms with Crippen LogP contribution in [0, 0.1) is 20.8 Å². The van der Waals surface area contributed by atoms with Crippen LogP contribution in [0.2, 0.25) is 0 Å². The molecular weight excluding hydrogens is 390 g/mol. The minimum Gasteiger partial charge on any atom is -0.360 e. The molecule has 0 saturated carbocycles. The molecule has 0 amide bonds. The molecule has 1 fully saturated rings. The first-order valence-corrected chi connectivity index (χ1v) is 10.9. The van der Waals surface area contributed by atoms with Gasteiger partial charge in [-0.2, -0.15) is 4.31 Å². The zero-order valence-electron chi connectivity index (χ0n) is 16.7. The Kier molecular flexibility index (Phi) is 5.10. The molecule has 9 heteroatoms. The van der Waals surface area contributed by atoms with E-state index in [1.54, 1.807) is 20.2 Å². The SMILES string of the molecule is Cc1ccc(-c2cc(N3CCN(S(=O)(=O)c4c(C)noc4C)CC3)ncn2)cc1. The fourth-order valence-corrected chi connectivity index (χ4v) is 5.25. The number of piperazine rings is 1. The molecule has 1 aliphatic rings. The summed E-state index contributed by atoms with van der Waals surface area (Å²) >= 11 is 0. The quantitative estimate of drug-likeness (QED) is 0.649. The Hall–Kier alpha value is -2.78. The molecular formula is C20H23N5O3S. The average molecular weight is 414 g/mol. The lowest BCUT2D eigenvalue weighted by Gasteiger charge is -2.34. The first kappa shape index (κ1) is 19.5. The zero-order valence-corrected chi connectivity index (χ0v) is 17.5. The predicted octanol–water partition coefficient (Wildman–Crippen LogP) is 2.57. The van der Waals surface area contributed by atoms with Gasteiger partial charge in [-0.15, -0.1) is 0 Å². The van der Waals surface area contributed by atoms with Gasteiger partial charge in [-0.3, -0.25) is 0 Å². The minimum atomic E-state index is -3.62. The minimum absolute atomic E-state index is 0.176. The maximum atomic E-state index is 13.0. The predicted molar refractivity (Wildman–Crippen MR) is 109 cm³/mol. The van der Waals surface area contributed by atoms with Crippen LogP contribution in [0.3, 0.4) is 0 Å². The van der Waals surface area contributed by atoms with Gasteiger partial charge in [0.15, 0.2) is 5.76 Å². The number of anilines is 1. The molecule has 0 radical (unpaired) electrons. The molecule has 8 nitrogen and oxygen atoms in total. The van der Waals surface area contributed by atoms with Crippen molar-refractivity contribution in [3.63, 3.8) is 0 Å². The van der Waals surface area contributed by atoms with E-state index < -0.39 is 10.0 Å². The van der Waals surface area contributed by atoms with Crippen LogP contribution in [-0.4, -0.2) is 54.0 Å². The summed E-state index contributed by atoms with van der Waals surface area (Å²) in [5, 5.41) is 3.78. The van der Waals surface area contributed by atoms with E-state index in [2.05, 4.69) is 32.2 Å². The number of benzene rings is 1. The monoisotopic (exact) mass is 413 g/mol. The van der Waals surface area contributed by atoms with Crippen LogP contribution in [0.4, 0.5) is 5.82 Å². The Morgan fingerprint density at radius 1 is 0.966 bits per heavy atom. The number of nitrogens with zero attached hydrogens (tertiary/aromatic N) is 5. The maximum Gasteiger partial charge on any atom is 0.248 e. The highest BCUT2D eigenvalue weighted by atomic mass is 32.2. The molecule has 0 bridgehead atoms. The summed E-state index contributed by atoms with van der Waals surface area (Å²) in [6.07, 6.45) is 1.55. The Balaban J connectivity index is 1.50. The molecule has 0 unspecified atom stereocenters. The van der Waals surface area contributed by atoms with E-state index >= 15 is 0 Å². The third-order valence-corrected chi connectivity index (χ3v) is 7.27. The number of aromatic nitrogens is 3. The van der Waals surface area contributed by atoms with Gasteiger partial charge >= 0.3 is 0 Å². The Morgan fingerprint density at radius 2 is 1.66 bits per heavy atom. The van der Waals surface area contributed by atoms with Gasteiger partial charge in [0.05, 0.1) is 5.69 Å². The zero-order chi connectivity index (χ0) is 20.6. The van der Waals surface area contributed by atoms with Crippen LogP contribution >= 0.6 is 0 Å².